The highest BCUT2D eigenvalue weighted by Gasteiger charge is 2.05. The zero-order valence-electron chi connectivity index (χ0n) is 11.3. The minimum Gasteiger partial charge on any atom is -0.355 e. The first-order chi connectivity index (χ1) is 8.49. The van der Waals surface area contributed by atoms with Crippen LogP contribution < -0.4 is 5.32 Å². The molecule has 1 rings (SSSR count). The predicted molar refractivity (Wildman–Crippen MR) is 78.2 cm³/mol. The molecule has 0 aliphatic carbocycles. The van der Waals surface area contributed by atoms with Gasteiger partial charge in [0, 0.05) is 24.0 Å². The number of hydrogen-bond acceptors (Lipinski definition) is 3. The molecule has 0 atom stereocenters. The maximum Gasteiger partial charge on any atom is 0.224 e. The van der Waals surface area contributed by atoms with Crippen molar-refractivity contribution < 1.29 is 4.79 Å². The van der Waals surface area contributed by atoms with E-state index in [0.29, 0.717) is 19.0 Å². The summed E-state index contributed by atoms with van der Waals surface area (Å²) in [5, 5.41) is 2.93. The van der Waals surface area contributed by atoms with Gasteiger partial charge in [-0.2, -0.15) is 0 Å². The van der Waals surface area contributed by atoms with Crippen molar-refractivity contribution >= 4 is 18.5 Å². The quantitative estimate of drug-likeness (QED) is 0.772. The molecule has 0 aliphatic rings. The second kappa shape index (κ2) is 7.44. The number of hydrogen-bond donors (Lipinski definition) is 2. The fourth-order valence-electron chi connectivity index (χ4n) is 1.49. The Morgan fingerprint density at radius 2 is 1.94 bits per heavy atom. The number of likely N-dealkylation sites (N-methyl/N-ethyl adjacent to an activating group) is 1. The van der Waals surface area contributed by atoms with E-state index in [1.54, 1.807) is 0 Å². The maximum absolute atomic E-state index is 11.7. The lowest BCUT2D eigenvalue weighted by Crippen LogP contribution is -2.36. The lowest BCUT2D eigenvalue weighted by Gasteiger charge is -2.20. The fraction of sp³-hybridized carbons (Fsp3) is 0.500. The van der Waals surface area contributed by atoms with Crippen LogP contribution in [-0.4, -0.2) is 37.0 Å². The van der Waals surface area contributed by atoms with Crippen LogP contribution in [0.2, 0.25) is 0 Å². The van der Waals surface area contributed by atoms with Crippen molar-refractivity contribution in [3.63, 3.8) is 0 Å². The number of nitrogens with zero attached hydrogens (tertiary/aromatic N) is 1. The lowest BCUT2D eigenvalue weighted by molar-refractivity contribution is -0.120. The number of thiol groups is 1. The standard InChI is InChI=1S/C14H22N2OS/c1-11(2)16(3)9-8-15-14(17)10-12-4-6-13(18)7-5-12/h4-7,11,18H,8-10H2,1-3H3,(H,15,17). The number of nitrogens with one attached hydrogen (secondary N) is 1. The van der Waals surface area contributed by atoms with Gasteiger partial charge in [0.05, 0.1) is 6.42 Å². The highest BCUT2D eigenvalue weighted by Crippen LogP contribution is 2.08. The first-order valence-electron chi connectivity index (χ1n) is 6.24. The van der Waals surface area contributed by atoms with Gasteiger partial charge in [0.1, 0.15) is 0 Å². The monoisotopic (exact) mass is 266 g/mol. The van der Waals surface area contributed by atoms with Gasteiger partial charge in [-0.15, -0.1) is 12.6 Å². The Bertz CT molecular complexity index is 376. The molecule has 0 saturated carbocycles. The second-order valence-electron chi connectivity index (χ2n) is 4.77. The molecular formula is C14H22N2OS. The van der Waals surface area contributed by atoms with Crippen LogP contribution in [0.3, 0.4) is 0 Å². The number of carbonyl (C=O) groups is 1. The van der Waals surface area contributed by atoms with Crippen LogP contribution in [0.5, 0.6) is 0 Å². The molecular weight excluding hydrogens is 244 g/mol. The normalized spacial score (nSPS) is 11.0. The number of carbonyl (C=O) groups excluding carboxylic acids is 1. The van der Waals surface area contributed by atoms with Gasteiger partial charge in [-0.05, 0) is 38.6 Å². The molecule has 4 heteroatoms. The molecule has 0 aliphatic heterocycles. The van der Waals surface area contributed by atoms with Crippen molar-refractivity contribution in [3.05, 3.63) is 29.8 Å². The van der Waals surface area contributed by atoms with Crippen LogP contribution in [0.4, 0.5) is 0 Å². The first kappa shape index (κ1) is 15.1. The number of benzene rings is 1. The Balaban J connectivity index is 2.27. The number of amides is 1. The van der Waals surface area contributed by atoms with Gasteiger partial charge in [-0.25, -0.2) is 0 Å². The van der Waals surface area contributed by atoms with Gasteiger partial charge in [-0.1, -0.05) is 12.1 Å². The van der Waals surface area contributed by atoms with Crippen LogP contribution in [0, 0.1) is 0 Å². The van der Waals surface area contributed by atoms with E-state index in [9.17, 15) is 4.79 Å². The van der Waals surface area contributed by atoms with E-state index in [-0.39, 0.29) is 5.91 Å². The van der Waals surface area contributed by atoms with Crippen LogP contribution in [-0.2, 0) is 11.2 Å². The Hall–Kier alpha value is -1.00. The zero-order valence-corrected chi connectivity index (χ0v) is 12.2. The molecule has 18 heavy (non-hydrogen) atoms. The largest absolute Gasteiger partial charge is 0.355 e. The van der Waals surface area contributed by atoms with Gasteiger partial charge in [0.2, 0.25) is 5.91 Å². The molecule has 100 valence electrons. The highest BCUT2D eigenvalue weighted by molar-refractivity contribution is 7.80. The van der Waals surface area contributed by atoms with Crippen molar-refractivity contribution in [2.24, 2.45) is 0 Å². The van der Waals surface area contributed by atoms with Crippen molar-refractivity contribution in [1.29, 1.82) is 0 Å². The van der Waals surface area contributed by atoms with E-state index in [0.717, 1.165) is 17.0 Å². The minimum atomic E-state index is 0.0686. The molecule has 0 saturated heterocycles. The maximum atomic E-state index is 11.7. The van der Waals surface area contributed by atoms with E-state index >= 15 is 0 Å². The van der Waals surface area contributed by atoms with E-state index < -0.39 is 0 Å². The van der Waals surface area contributed by atoms with Gasteiger partial charge in [0.25, 0.3) is 0 Å². The van der Waals surface area contributed by atoms with Gasteiger partial charge < -0.3 is 10.2 Å². The third-order valence-corrected chi connectivity index (χ3v) is 3.27. The minimum absolute atomic E-state index is 0.0686. The van der Waals surface area contributed by atoms with Crippen molar-refractivity contribution in [2.75, 3.05) is 20.1 Å². The van der Waals surface area contributed by atoms with Crippen molar-refractivity contribution in [2.45, 2.75) is 31.2 Å². The van der Waals surface area contributed by atoms with Crippen molar-refractivity contribution in [1.82, 2.24) is 10.2 Å². The molecule has 3 nitrogen and oxygen atoms in total. The van der Waals surface area contributed by atoms with E-state index in [1.165, 1.54) is 0 Å². The molecule has 1 aromatic carbocycles. The topological polar surface area (TPSA) is 32.3 Å². The third kappa shape index (κ3) is 5.56. The SMILES string of the molecule is CC(C)N(C)CCNC(=O)Cc1ccc(S)cc1. The zero-order chi connectivity index (χ0) is 13.5. The lowest BCUT2D eigenvalue weighted by atomic mass is 10.1. The molecule has 0 unspecified atom stereocenters. The molecule has 0 fully saturated rings. The molecule has 0 spiro atoms. The summed E-state index contributed by atoms with van der Waals surface area (Å²) in [4.78, 5) is 14.8. The summed E-state index contributed by atoms with van der Waals surface area (Å²) >= 11 is 4.21. The second-order valence-corrected chi connectivity index (χ2v) is 5.28. The van der Waals surface area contributed by atoms with Crippen LogP contribution in [0.25, 0.3) is 0 Å². The molecule has 1 amide bonds. The fourth-order valence-corrected chi connectivity index (χ4v) is 1.64. The predicted octanol–water partition coefficient (Wildman–Crippen LogP) is 1.97. The average Bonchev–Trinajstić information content (AvgIpc) is 2.32. The first-order valence-corrected chi connectivity index (χ1v) is 6.68. The Kier molecular flexibility index (Phi) is 6.22. The van der Waals surface area contributed by atoms with E-state index in [1.807, 2.05) is 24.3 Å². The van der Waals surface area contributed by atoms with Gasteiger partial charge >= 0.3 is 0 Å². The third-order valence-electron chi connectivity index (χ3n) is 2.97. The molecule has 1 aromatic rings. The highest BCUT2D eigenvalue weighted by atomic mass is 32.1. The van der Waals surface area contributed by atoms with Crippen LogP contribution in [0.15, 0.2) is 29.2 Å². The van der Waals surface area contributed by atoms with Crippen molar-refractivity contribution in [3.8, 4) is 0 Å². The van der Waals surface area contributed by atoms with E-state index in [4.69, 9.17) is 0 Å². The Labute approximate surface area is 115 Å². The molecule has 0 bridgehead atoms. The summed E-state index contributed by atoms with van der Waals surface area (Å²) in [6, 6.07) is 8.17. The summed E-state index contributed by atoms with van der Waals surface area (Å²) in [7, 11) is 2.06. The van der Waals surface area contributed by atoms with Gasteiger partial charge in [0.15, 0.2) is 0 Å². The Morgan fingerprint density at radius 3 is 2.50 bits per heavy atom. The van der Waals surface area contributed by atoms with E-state index in [2.05, 4.69) is 43.7 Å². The smallest absolute Gasteiger partial charge is 0.224 e. The van der Waals surface area contributed by atoms with Crippen LogP contribution in [0.1, 0.15) is 19.4 Å². The molecule has 0 radical (unpaired) electrons. The summed E-state index contributed by atoms with van der Waals surface area (Å²) in [5.74, 6) is 0.0686. The molecule has 0 heterocycles. The van der Waals surface area contributed by atoms with Gasteiger partial charge in [-0.3, -0.25) is 4.79 Å². The average molecular weight is 266 g/mol. The molecule has 1 N–H and O–H groups in total. The molecule has 0 aromatic heterocycles. The number of rotatable bonds is 6. The Morgan fingerprint density at radius 1 is 1.33 bits per heavy atom. The van der Waals surface area contributed by atoms with Crippen LogP contribution >= 0.6 is 12.6 Å². The summed E-state index contributed by atoms with van der Waals surface area (Å²) in [6.45, 7) is 5.85. The summed E-state index contributed by atoms with van der Waals surface area (Å²) < 4.78 is 0. The summed E-state index contributed by atoms with van der Waals surface area (Å²) in [6.07, 6.45) is 0.430. The summed E-state index contributed by atoms with van der Waals surface area (Å²) in [5.41, 5.74) is 1.02.